The quantitative estimate of drug-likeness (QED) is 0.915. The van der Waals surface area contributed by atoms with E-state index in [-0.39, 0.29) is 6.10 Å². The van der Waals surface area contributed by atoms with Gasteiger partial charge >= 0.3 is 0 Å². The molecule has 0 aliphatic heterocycles. The van der Waals surface area contributed by atoms with E-state index < -0.39 is 0 Å². The van der Waals surface area contributed by atoms with Gasteiger partial charge in [0, 0.05) is 0 Å². The highest BCUT2D eigenvalue weighted by Crippen LogP contribution is 2.60. The van der Waals surface area contributed by atoms with Crippen molar-refractivity contribution in [2.24, 2.45) is 17.8 Å². The third-order valence-corrected chi connectivity index (χ3v) is 5.18. The molecule has 3 atom stereocenters. The second-order valence-corrected chi connectivity index (χ2v) is 6.20. The van der Waals surface area contributed by atoms with Crippen LogP contribution in [0.25, 0.3) is 0 Å². The highest BCUT2D eigenvalue weighted by atomic mass is 16.5. The predicted octanol–water partition coefficient (Wildman–Crippen LogP) is 3.48. The molecule has 3 rings (SSSR count). The molecular formula is C17H24O3. The molecule has 0 aromatic heterocycles. The molecule has 2 fully saturated rings. The molecule has 110 valence electrons. The van der Waals surface area contributed by atoms with Crippen molar-refractivity contribution < 1.29 is 14.6 Å². The summed E-state index contributed by atoms with van der Waals surface area (Å²) in [6.45, 7) is 2.03. The van der Waals surface area contributed by atoms with Gasteiger partial charge in [0.05, 0.1) is 20.3 Å². The molecule has 1 aromatic rings. The van der Waals surface area contributed by atoms with Crippen molar-refractivity contribution in [2.75, 3.05) is 14.2 Å². The average Bonchev–Trinajstić information content (AvgIpc) is 3.20. The number of aliphatic hydroxyl groups excluding tert-OH is 1. The van der Waals surface area contributed by atoms with Crippen LogP contribution in [-0.4, -0.2) is 19.3 Å². The summed E-state index contributed by atoms with van der Waals surface area (Å²) in [5.41, 5.74) is 2.08. The van der Waals surface area contributed by atoms with Gasteiger partial charge in [-0.2, -0.15) is 0 Å². The summed E-state index contributed by atoms with van der Waals surface area (Å²) >= 11 is 0. The third kappa shape index (κ3) is 2.18. The minimum atomic E-state index is -0.358. The number of rotatable bonds is 4. The lowest BCUT2D eigenvalue weighted by Crippen LogP contribution is -2.06. The smallest absolute Gasteiger partial charge is 0.161 e. The molecule has 0 spiro atoms. The predicted molar refractivity (Wildman–Crippen MR) is 78.2 cm³/mol. The number of hydrogen-bond donors (Lipinski definition) is 1. The largest absolute Gasteiger partial charge is 0.493 e. The molecule has 0 bridgehead atoms. The summed E-state index contributed by atoms with van der Waals surface area (Å²) in [4.78, 5) is 0. The molecule has 3 unspecified atom stereocenters. The molecule has 0 saturated heterocycles. The van der Waals surface area contributed by atoms with E-state index in [1.165, 1.54) is 25.7 Å². The maximum Gasteiger partial charge on any atom is 0.161 e. The SMILES string of the molecule is COc1cc(C)c(C(O)C2C3CCCCC32)cc1OC. The monoisotopic (exact) mass is 276 g/mol. The van der Waals surface area contributed by atoms with Crippen LogP contribution < -0.4 is 9.47 Å². The van der Waals surface area contributed by atoms with Crippen molar-refractivity contribution in [1.82, 2.24) is 0 Å². The standard InChI is InChI=1S/C17H24O3/c1-10-8-14(19-2)15(20-3)9-13(10)17(18)16-11-6-4-5-7-12(11)16/h8-9,11-12,16-18H,4-7H2,1-3H3. The number of hydrogen-bond acceptors (Lipinski definition) is 3. The lowest BCUT2D eigenvalue weighted by molar-refractivity contribution is 0.141. The van der Waals surface area contributed by atoms with E-state index in [9.17, 15) is 5.11 Å². The topological polar surface area (TPSA) is 38.7 Å². The van der Waals surface area contributed by atoms with Crippen molar-refractivity contribution in [3.05, 3.63) is 23.3 Å². The van der Waals surface area contributed by atoms with E-state index in [2.05, 4.69) is 0 Å². The van der Waals surface area contributed by atoms with E-state index in [4.69, 9.17) is 9.47 Å². The van der Waals surface area contributed by atoms with E-state index >= 15 is 0 Å². The van der Waals surface area contributed by atoms with Crippen molar-refractivity contribution >= 4 is 0 Å². The van der Waals surface area contributed by atoms with Crippen LogP contribution >= 0.6 is 0 Å². The van der Waals surface area contributed by atoms with E-state index in [1.54, 1.807) is 14.2 Å². The fourth-order valence-corrected chi connectivity index (χ4v) is 4.04. The van der Waals surface area contributed by atoms with Crippen LogP contribution in [0.1, 0.15) is 42.9 Å². The van der Waals surface area contributed by atoms with E-state index in [0.717, 1.165) is 28.7 Å². The van der Waals surface area contributed by atoms with Gasteiger partial charge in [0.15, 0.2) is 11.5 Å². The Morgan fingerprint density at radius 3 is 2.15 bits per heavy atom. The van der Waals surface area contributed by atoms with Crippen LogP contribution in [0, 0.1) is 24.7 Å². The van der Waals surface area contributed by atoms with Gasteiger partial charge in [-0.25, -0.2) is 0 Å². The molecule has 2 aliphatic carbocycles. The lowest BCUT2D eigenvalue weighted by Gasteiger charge is -2.17. The highest BCUT2D eigenvalue weighted by molar-refractivity contribution is 5.48. The Balaban J connectivity index is 1.86. The first kappa shape index (κ1) is 13.7. The first-order chi connectivity index (χ1) is 9.67. The van der Waals surface area contributed by atoms with Gasteiger partial charge in [-0.1, -0.05) is 12.8 Å². The van der Waals surface area contributed by atoms with Crippen LogP contribution in [0.3, 0.4) is 0 Å². The van der Waals surface area contributed by atoms with Gasteiger partial charge in [0.25, 0.3) is 0 Å². The van der Waals surface area contributed by atoms with Gasteiger partial charge in [0.2, 0.25) is 0 Å². The number of methoxy groups -OCH3 is 2. The Kier molecular flexibility index (Phi) is 3.63. The molecule has 3 nitrogen and oxygen atoms in total. The maximum atomic E-state index is 10.8. The van der Waals surface area contributed by atoms with Crippen LogP contribution in [0.2, 0.25) is 0 Å². The normalized spacial score (nSPS) is 29.5. The summed E-state index contributed by atoms with van der Waals surface area (Å²) in [5.74, 6) is 3.37. The van der Waals surface area contributed by atoms with E-state index in [0.29, 0.717) is 11.7 Å². The third-order valence-electron chi connectivity index (χ3n) is 5.18. The molecule has 1 N–H and O–H groups in total. The fraction of sp³-hybridized carbons (Fsp3) is 0.647. The zero-order chi connectivity index (χ0) is 14.3. The Hall–Kier alpha value is -1.22. The Labute approximate surface area is 120 Å². The molecular weight excluding hydrogens is 252 g/mol. The number of ether oxygens (including phenoxy) is 2. The summed E-state index contributed by atoms with van der Waals surface area (Å²) < 4.78 is 10.7. The lowest BCUT2D eigenvalue weighted by atomic mass is 9.97. The second kappa shape index (κ2) is 5.28. The van der Waals surface area contributed by atoms with Crippen LogP contribution in [-0.2, 0) is 0 Å². The van der Waals surface area contributed by atoms with Crippen molar-refractivity contribution in [1.29, 1.82) is 0 Å². The summed E-state index contributed by atoms with van der Waals surface area (Å²) in [6.07, 6.45) is 4.88. The van der Waals surface area contributed by atoms with Crippen molar-refractivity contribution in [3.8, 4) is 11.5 Å². The molecule has 20 heavy (non-hydrogen) atoms. The Bertz CT molecular complexity index is 485. The first-order valence-electron chi connectivity index (χ1n) is 7.58. The van der Waals surface area contributed by atoms with Crippen LogP contribution in [0.15, 0.2) is 12.1 Å². The van der Waals surface area contributed by atoms with Crippen molar-refractivity contribution in [3.63, 3.8) is 0 Å². The van der Waals surface area contributed by atoms with Crippen LogP contribution in [0.4, 0.5) is 0 Å². The van der Waals surface area contributed by atoms with Gasteiger partial charge in [0.1, 0.15) is 0 Å². The minimum Gasteiger partial charge on any atom is -0.493 e. The maximum absolute atomic E-state index is 10.8. The Morgan fingerprint density at radius 2 is 1.60 bits per heavy atom. The number of benzene rings is 1. The fourth-order valence-electron chi connectivity index (χ4n) is 4.04. The average molecular weight is 276 g/mol. The molecule has 3 heteroatoms. The highest BCUT2D eigenvalue weighted by Gasteiger charge is 2.54. The van der Waals surface area contributed by atoms with E-state index in [1.807, 2.05) is 19.1 Å². The molecule has 1 aromatic carbocycles. The molecule has 0 amide bonds. The number of aliphatic hydroxyl groups is 1. The van der Waals surface area contributed by atoms with Gasteiger partial charge < -0.3 is 14.6 Å². The molecule has 0 heterocycles. The van der Waals surface area contributed by atoms with Crippen molar-refractivity contribution in [2.45, 2.75) is 38.7 Å². The summed E-state index contributed by atoms with van der Waals surface area (Å²) in [5, 5.41) is 10.8. The Morgan fingerprint density at radius 1 is 1.05 bits per heavy atom. The van der Waals surface area contributed by atoms with Crippen LogP contribution in [0.5, 0.6) is 11.5 Å². The summed E-state index contributed by atoms with van der Waals surface area (Å²) in [6, 6.07) is 3.91. The van der Waals surface area contributed by atoms with Gasteiger partial charge in [-0.05, 0) is 60.8 Å². The molecule has 0 radical (unpaired) electrons. The first-order valence-corrected chi connectivity index (χ1v) is 7.58. The number of aryl methyl sites for hydroxylation is 1. The molecule has 2 saturated carbocycles. The van der Waals surface area contributed by atoms with Gasteiger partial charge in [-0.15, -0.1) is 0 Å². The minimum absolute atomic E-state index is 0.358. The van der Waals surface area contributed by atoms with Gasteiger partial charge in [-0.3, -0.25) is 0 Å². The zero-order valence-electron chi connectivity index (χ0n) is 12.6. The second-order valence-electron chi connectivity index (χ2n) is 6.20. The molecule has 2 aliphatic rings. The summed E-state index contributed by atoms with van der Waals surface area (Å²) in [7, 11) is 3.28. The zero-order valence-corrected chi connectivity index (χ0v) is 12.6. The number of fused-ring (bicyclic) bond motifs is 1.